The lowest BCUT2D eigenvalue weighted by Crippen LogP contribution is -2.45. The summed E-state index contributed by atoms with van der Waals surface area (Å²) in [7, 11) is 1.72. The number of imidazole rings is 1. The third-order valence-corrected chi connectivity index (χ3v) is 9.51. The molecule has 5 rings (SSSR count). The molecule has 2 aromatic carbocycles. The zero-order valence-corrected chi connectivity index (χ0v) is 27.9. The molecule has 0 atom stereocenters. The van der Waals surface area contributed by atoms with E-state index in [4.69, 9.17) is 23.2 Å². The lowest BCUT2D eigenvalue weighted by Gasteiger charge is -2.36. The Balaban J connectivity index is 1.42. The van der Waals surface area contributed by atoms with E-state index in [1.54, 1.807) is 50.6 Å². The summed E-state index contributed by atoms with van der Waals surface area (Å²) >= 11 is 13.2. The number of fused-ring (bicyclic) bond motifs is 1. The number of hydrogen-bond donors (Lipinski definition) is 4. The van der Waals surface area contributed by atoms with Crippen molar-refractivity contribution < 1.29 is 31.5 Å². The molecule has 1 aromatic heterocycles. The quantitative estimate of drug-likeness (QED) is 0.177. The molecule has 1 heterocycles. The first-order valence-electron chi connectivity index (χ1n) is 15.4. The second kappa shape index (κ2) is 12.9. The van der Waals surface area contributed by atoms with Gasteiger partial charge < -0.3 is 25.8 Å². The molecule has 47 heavy (non-hydrogen) atoms. The van der Waals surface area contributed by atoms with Crippen LogP contribution in [0.4, 0.5) is 39.3 Å². The number of amides is 2. The fourth-order valence-electron chi connectivity index (χ4n) is 5.87. The molecule has 4 N–H and O–H groups in total. The highest BCUT2D eigenvalue weighted by Crippen LogP contribution is 2.41. The summed E-state index contributed by atoms with van der Waals surface area (Å²) < 4.78 is 68.5. The number of nitrogens with zero attached hydrogens (tertiary/aromatic N) is 2. The van der Waals surface area contributed by atoms with Crippen LogP contribution < -0.4 is 21.3 Å². The van der Waals surface area contributed by atoms with Crippen LogP contribution in [0.15, 0.2) is 24.3 Å². The molecular formula is C32H37Cl2F5N6O2. The normalized spacial score (nSPS) is 20.1. The minimum Gasteiger partial charge on any atom is -0.381 e. The summed E-state index contributed by atoms with van der Waals surface area (Å²) in [5.74, 6) is -4.57. The van der Waals surface area contributed by atoms with Crippen LogP contribution in [0, 0.1) is 11.3 Å². The largest absolute Gasteiger partial charge is 0.391 e. The molecule has 2 aliphatic rings. The van der Waals surface area contributed by atoms with Gasteiger partial charge in [-0.25, -0.2) is 13.8 Å². The van der Waals surface area contributed by atoms with Crippen molar-refractivity contribution in [1.82, 2.24) is 20.2 Å². The van der Waals surface area contributed by atoms with Gasteiger partial charge in [0.25, 0.3) is 11.8 Å². The van der Waals surface area contributed by atoms with Crippen molar-refractivity contribution in [2.24, 2.45) is 18.4 Å². The van der Waals surface area contributed by atoms with Gasteiger partial charge in [-0.2, -0.15) is 13.2 Å². The third kappa shape index (κ3) is 7.88. The van der Waals surface area contributed by atoms with Crippen molar-refractivity contribution in [3.8, 4) is 0 Å². The molecule has 0 unspecified atom stereocenters. The first kappa shape index (κ1) is 35.0. The van der Waals surface area contributed by atoms with Crippen molar-refractivity contribution in [1.29, 1.82) is 0 Å². The highest BCUT2D eigenvalue weighted by Gasteiger charge is 2.46. The van der Waals surface area contributed by atoms with Gasteiger partial charge in [-0.05, 0) is 49.4 Å². The fraction of sp³-hybridized carbons (Fsp3) is 0.531. The van der Waals surface area contributed by atoms with E-state index in [1.165, 1.54) is 6.07 Å². The molecule has 0 radical (unpaired) electrons. The topological polar surface area (TPSA) is 100 Å². The second-order valence-electron chi connectivity index (χ2n) is 13.5. The molecule has 2 aliphatic carbocycles. The van der Waals surface area contributed by atoms with E-state index in [2.05, 4.69) is 26.3 Å². The van der Waals surface area contributed by atoms with Crippen molar-refractivity contribution in [3.63, 3.8) is 0 Å². The van der Waals surface area contributed by atoms with E-state index in [-0.39, 0.29) is 48.7 Å². The van der Waals surface area contributed by atoms with E-state index in [0.717, 1.165) is 0 Å². The minimum atomic E-state index is -4.27. The molecule has 2 saturated carbocycles. The summed E-state index contributed by atoms with van der Waals surface area (Å²) in [6.45, 7) is 5.55. The number of halogens is 7. The lowest BCUT2D eigenvalue weighted by molar-refractivity contribution is -0.182. The van der Waals surface area contributed by atoms with Crippen molar-refractivity contribution in [3.05, 3.63) is 45.4 Å². The maximum absolute atomic E-state index is 13.7. The SMILES string of the molecule is Cn1c(Nc2c(Cl)ccc(CNC(=O)C(C)(C)C)c2Cl)nc2cc(C(=O)N[C@H]3CC[C@H](C(F)(F)F)CC3)c(NC3CC(F)(F)C3)cc21. The maximum atomic E-state index is 13.7. The number of benzene rings is 2. The number of nitrogens with one attached hydrogen (secondary N) is 4. The predicted octanol–water partition coefficient (Wildman–Crippen LogP) is 8.35. The Labute approximate surface area is 279 Å². The first-order chi connectivity index (χ1) is 21.8. The van der Waals surface area contributed by atoms with Gasteiger partial charge in [-0.15, -0.1) is 0 Å². The van der Waals surface area contributed by atoms with E-state index in [9.17, 15) is 31.5 Å². The monoisotopic (exact) mass is 702 g/mol. The molecule has 2 amide bonds. The van der Waals surface area contributed by atoms with Crippen molar-refractivity contribution in [2.75, 3.05) is 10.6 Å². The summed E-state index contributed by atoms with van der Waals surface area (Å²) in [5.41, 5.74) is 1.77. The molecule has 0 saturated heterocycles. The number of rotatable bonds is 8. The van der Waals surface area contributed by atoms with Crippen LogP contribution in [0.25, 0.3) is 11.0 Å². The average molecular weight is 704 g/mol. The molecule has 0 spiro atoms. The van der Waals surface area contributed by atoms with Crippen molar-refractivity contribution >= 4 is 63.4 Å². The van der Waals surface area contributed by atoms with Crippen LogP contribution in [-0.4, -0.2) is 45.5 Å². The average Bonchev–Trinajstić information content (AvgIpc) is 3.26. The smallest absolute Gasteiger partial charge is 0.381 e. The molecule has 3 aromatic rings. The number of hydrogen-bond acceptors (Lipinski definition) is 5. The number of aromatic nitrogens is 2. The van der Waals surface area contributed by atoms with E-state index in [0.29, 0.717) is 38.9 Å². The van der Waals surface area contributed by atoms with Gasteiger partial charge in [0.1, 0.15) is 0 Å². The summed E-state index contributed by atoms with van der Waals surface area (Å²) in [6, 6.07) is 5.48. The van der Waals surface area contributed by atoms with Crippen molar-refractivity contribution in [2.45, 2.75) is 90.0 Å². The van der Waals surface area contributed by atoms with Gasteiger partial charge >= 0.3 is 6.18 Å². The van der Waals surface area contributed by atoms with Gasteiger partial charge in [0.05, 0.1) is 38.2 Å². The first-order valence-corrected chi connectivity index (χ1v) is 16.1. The van der Waals surface area contributed by atoms with Gasteiger partial charge in [0.15, 0.2) is 0 Å². The van der Waals surface area contributed by atoms with E-state index < -0.39 is 54.3 Å². The van der Waals surface area contributed by atoms with Crippen LogP contribution >= 0.6 is 23.2 Å². The lowest BCUT2D eigenvalue weighted by atomic mass is 9.85. The number of aryl methyl sites for hydroxylation is 1. The Morgan fingerprint density at radius 2 is 1.68 bits per heavy atom. The van der Waals surface area contributed by atoms with Gasteiger partial charge in [0.2, 0.25) is 11.9 Å². The third-order valence-electron chi connectivity index (χ3n) is 8.77. The number of carbonyl (C=O) groups excluding carboxylic acids is 2. The fourth-order valence-corrected chi connectivity index (χ4v) is 6.40. The van der Waals surface area contributed by atoms with Crippen LogP contribution in [0.1, 0.15) is 75.2 Å². The number of carbonyl (C=O) groups is 2. The van der Waals surface area contributed by atoms with Crippen LogP contribution in [-0.2, 0) is 18.4 Å². The van der Waals surface area contributed by atoms with E-state index in [1.807, 2.05) is 0 Å². The molecular weight excluding hydrogens is 666 g/mol. The Morgan fingerprint density at radius 1 is 1.02 bits per heavy atom. The molecule has 0 bridgehead atoms. The highest BCUT2D eigenvalue weighted by atomic mass is 35.5. The Kier molecular flexibility index (Phi) is 9.64. The molecule has 15 heteroatoms. The van der Waals surface area contributed by atoms with Gasteiger partial charge in [-0.3, -0.25) is 9.59 Å². The van der Waals surface area contributed by atoms with Gasteiger partial charge in [0, 0.05) is 49.6 Å². The molecule has 0 aliphatic heterocycles. The zero-order valence-electron chi connectivity index (χ0n) is 26.3. The number of anilines is 3. The Hall–Kier alpha value is -3.32. The van der Waals surface area contributed by atoms with E-state index >= 15 is 0 Å². The molecule has 8 nitrogen and oxygen atoms in total. The minimum absolute atomic E-state index is 0.0830. The predicted molar refractivity (Wildman–Crippen MR) is 173 cm³/mol. The van der Waals surface area contributed by atoms with Crippen LogP contribution in [0.5, 0.6) is 0 Å². The van der Waals surface area contributed by atoms with Crippen LogP contribution in [0.3, 0.4) is 0 Å². The second-order valence-corrected chi connectivity index (χ2v) is 14.3. The summed E-state index contributed by atoms with van der Waals surface area (Å²) in [6.07, 6.45) is -4.88. The highest BCUT2D eigenvalue weighted by molar-refractivity contribution is 6.39. The number of alkyl halides is 5. The zero-order chi connectivity index (χ0) is 34.5. The molecule has 256 valence electrons. The Morgan fingerprint density at radius 3 is 2.28 bits per heavy atom. The standard InChI is InChI=1S/C32H37Cl2F5N6O2/c1-30(2,3)28(47)40-15-16-5-10-21(33)26(25(16)34)44-29-43-23-11-20(27(46)42-18-8-6-17(7-9-18)32(37,38)39)22(12-24(23)45(29)4)41-19-13-31(35,36)14-19/h5,10-12,17-19,41H,6-9,13-15H2,1-4H3,(H,40,47)(H,42,46)(H,43,44)/t17-,18-. The molecule has 2 fully saturated rings. The summed E-state index contributed by atoms with van der Waals surface area (Å²) in [5, 5.41) is 12.5. The summed E-state index contributed by atoms with van der Waals surface area (Å²) in [4.78, 5) is 30.6. The van der Waals surface area contributed by atoms with Crippen LogP contribution in [0.2, 0.25) is 10.0 Å². The maximum Gasteiger partial charge on any atom is 0.391 e. The Bertz CT molecular complexity index is 1670. The van der Waals surface area contributed by atoms with Gasteiger partial charge in [-0.1, -0.05) is 50.0 Å².